The van der Waals surface area contributed by atoms with Crippen molar-refractivity contribution in [3.05, 3.63) is 78.5 Å². The lowest BCUT2D eigenvalue weighted by Crippen LogP contribution is -2.48. The summed E-state index contributed by atoms with van der Waals surface area (Å²) in [6, 6.07) is 21.6. The molecule has 0 radical (unpaired) electrons. The zero-order valence-corrected chi connectivity index (χ0v) is 19.0. The number of anilines is 1. The lowest BCUT2D eigenvalue weighted by atomic mass is 9.96. The lowest BCUT2D eigenvalue weighted by molar-refractivity contribution is -0.140. The average Bonchev–Trinajstić information content (AvgIpc) is 2.86. The second-order valence-electron chi connectivity index (χ2n) is 8.43. The van der Waals surface area contributed by atoms with Crippen molar-refractivity contribution in [3.63, 3.8) is 0 Å². The van der Waals surface area contributed by atoms with Crippen LogP contribution in [-0.4, -0.2) is 40.9 Å². The highest BCUT2D eigenvalue weighted by molar-refractivity contribution is 5.93. The Balaban J connectivity index is 1.34. The molecule has 1 saturated heterocycles. The van der Waals surface area contributed by atoms with Crippen LogP contribution in [0.4, 0.5) is 5.82 Å². The second kappa shape index (κ2) is 10.3. The maximum Gasteiger partial charge on any atom is 0.263 e. The molecule has 0 bridgehead atoms. The number of piperidine rings is 1. The van der Waals surface area contributed by atoms with Crippen LogP contribution in [0.3, 0.4) is 0 Å². The molecule has 4 rings (SSSR count). The molecule has 0 spiro atoms. The van der Waals surface area contributed by atoms with E-state index in [0.717, 1.165) is 29.5 Å². The molecule has 2 amide bonds. The van der Waals surface area contributed by atoms with Gasteiger partial charge in [0.1, 0.15) is 11.6 Å². The van der Waals surface area contributed by atoms with Crippen LogP contribution in [0.25, 0.3) is 11.1 Å². The standard InChI is InChI=1S/C27H29N3O3/c1-19-8-6-16-28-25(19)29-26(31)23-11-7-17-30(18-23)27(32)20(2)33-24-14-12-22(13-15-24)21-9-4-3-5-10-21/h3-6,8-10,12-16,20,23H,7,11,17-18H2,1-2H3,(H,28,29,31). The zero-order chi connectivity index (χ0) is 23.2. The van der Waals surface area contributed by atoms with E-state index in [-0.39, 0.29) is 17.7 Å². The number of hydrogen-bond acceptors (Lipinski definition) is 4. The van der Waals surface area contributed by atoms with Gasteiger partial charge in [0, 0.05) is 19.3 Å². The third kappa shape index (κ3) is 5.58. The Hall–Kier alpha value is -3.67. The molecular formula is C27H29N3O3. The summed E-state index contributed by atoms with van der Waals surface area (Å²) in [6.45, 7) is 4.68. The number of carbonyl (C=O) groups excluding carboxylic acids is 2. The first-order valence-corrected chi connectivity index (χ1v) is 11.3. The molecule has 1 aliphatic rings. The normalized spacial score (nSPS) is 16.7. The van der Waals surface area contributed by atoms with Crippen LogP contribution in [0.1, 0.15) is 25.3 Å². The van der Waals surface area contributed by atoms with E-state index in [4.69, 9.17) is 4.74 Å². The molecule has 1 aromatic heterocycles. The van der Waals surface area contributed by atoms with Crippen molar-refractivity contribution >= 4 is 17.6 Å². The largest absolute Gasteiger partial charge is 0.481 e. The van der Waals surface area contributed by atoms with Crippen molar-refractivity contribution in [2.24, 2.45) is 5.92 Å². The van der Waals surface area contributed by atoms with Crippen molar-refractivity contribution in [1.82, 2.24) is 9.88 Å². The van der Waals surface area contributed by atoms with Crippen molar-refractivity contribution < 1.29 is 14.3 Å². The van der Waals surface area contributed by atoms with Crippen LogP contribution in [0.15, 0.2) is 72.9 Å². The number of nitrogens with one attached hydrogen (secondary N) is 1. The van der Waals surface area contributed by atoms with Crippen LogP contribution in [0.5, 0.6) is 5.75 Å². The molecule has 0 aliphatic carbocycles. The van der Waals surface area contributed by atoms with Gasteiger partial charge in [0.15, 0.2) is 6.10 Å². The van der Waals surface area contributed by atoms with Gasteiger partial charge in [-0.2, -0.15) is 0 Å². The van der Waals surface area contributed by atoms with Gasteiger partial charge in [-0.1, -0.05) is 48.5 Å². The minimum Gasteiger partial charge on any atom is -0.481 e. The first-order chi connectivity index (χ1) is 16.0. The van der Waals surface area contributed by atoms with Crippen molar-refractivity contribution in [2.75, 3.05) is 18.4 Å². The predicted octanol–water partition coefficient (Wildman–Crippen LogP) is 4.70. The number of rotatable bonds is 6. The maximum absolute atomic E-state index is 13.0. The number of carbonyl (C=O) groups is 2. The van der Waals surface area contributed by atoms with Gasteiger partial charge < -0.3 is 15.0 Å². The van der Waals surface area contributed by atoms with E-state index >= 15 is 0 Å². The molecule has 170 valence electrons. The number of ether oxygens (including phenoxy) is 1. The Kier molecular flexibility index (Phi) is 7.03. The summed E-state index contributed by atoms with van der Waals surface area (Å²) >= 11 is 0. The van der Waals surface area contributed by atoms with Crippen LogP contribution >= 0.6 is 0 Å². The Morgan fingerprint density at radius 2 is 1.76 bits per heavy atom. The monoisotopic (exact) mass is 443 g/mol. The molecule has 6 nitrogen and oxygen atoms in total. The molecule has 2 heterocycles. The van der Waals surface area contributed by atoms with Crippen LogP contribution < -0.4 is 10.1 Å². The zero-order valence-electron chi connectivity index (χ0n) is 19.0. The lowest BCUT2D eigenvalue weighted by Gasteiger charge is -2.33. The average molecular weight is 444 g/mol. The van der Waals surface area contributed by atoms with Crippen LogP contribution in [0.2, 0.25) is 0 Å². The van der Waals surface area contributed by atoms with E-state index in [1.54, 1.807) is 18.0 Å². The van der Waals surface area contributed by atoms with Gasteiger partial charge in [-0.3, -0.25) is 9.59 Å². The van der Waals surface area contributed by atoms with Crippen molar-refractivity contribution in [3.8, 4) is 16.9 Å². The van der Waals surface area contributed by atoms with Crippen LogP contribution in [0, 0.1) is 12.8 Å². The second-order valence-corrected chi connectivity index (χ2v) is 8.43. The molecule has 2 unspecified atom stereocenters. The molecule has 2 aromatic carbocycles. The summed E-state index contributed by atoms with van der Waals surface area (Å²) in [5.74, 6) is 0.753. The van der Waals surface area contributed by atoms with Gasteiger partial charge in [0.2, 0.25) is 5.91 Å². The fourth-order valence-corrected chi connectivity index (χ4v) is 4.09. The van der Waals surface area contributed by atoms with Crippen molar-refractivity contribution in [1.29, 1.82) is 0 Å². The fraction of sp³-hybridized carbons (Fsp3) is 0.296. The number of benzene rings is 2. The van der Waals surface area contributed by atoms with Gasteiger partial charge in [-0.25, -0.2) is 4.98 Å². The van der Waals surface area contributed by atoms with E-state index in [9.17, 15) is 9.59 Å². The van der Waals surface area contributed by atoms with E-state index < -0.39 is 6.10 Å². The van der Waals surface area contributed by atoms with Gasteiger partial charge in [0.05, 0.1) is 5.92 Å². The highest BCUT2D eigenvalue weighted by atomic mass is 16.5. The van der Waals surface area contributed by atoms with E-state index in [2.05, 4.69) is 22.4 Å². The summed E-state index contributed by atoms with van der Waals surface area (Å²) in [5, 5.41) is 2.91. The van der Waals surface area contributed by atoms with E-state index in [0.29, 0.717) is 24.7 Å². The molecule has 33 heavy (non-hydrogen) atoms. The molecule has 0 saturated carbocycles. The number of likely N-dealkylation sites (tertiary alicyclic amines) is 1. The predicted molar refractivity (Wildman–Crippen MR) is 129 cm³/mol. The quantitative estimate of drug-likeness (QED) is 0.599. The number of pyridine rings is 1. The summed E-state index contributed by atoms with van der Waals surface area (Å²) in [5.41, 5.74) is 3.14. The van der Waals surface area contributed by atoms with E-state index in [1.165, 1.54) is 0 Å². The molecule has 1 N–H and O–H groups in total. The van der Waals surface area contributed by atoms with Gasteiger partial charge >= 0.3 is 0 Å². The summed E-state index contributed by atoms with van der Waals surface area (Å²) in [4.78, 5) is 31.8. The SMILES string of the molecule is Cc1cccnc1NC(=O)C1CCCN(C(=O)C(C)Oc2ccc(-c3ccccc3)cc2)C1. The smallest absolute Gasteiger partial charge is 0.263 e. The number of aromatic nitrogens is 1. The Morgan fingerprint density at radius 3 is 2.48 bits per heavy atom. The molecule has 6 heteroatoms. The highest BCUT2D eigenvalue weighted by Crippen LogP contribution is 2.24. The number of aryl methyl sites for hydroxylation is 1. The topological polar surface area (TPSA) is 71.5 Å². The minimum atomic E-state index is -0.632. The third-order valence-electron chi connectivity index (χ3n) is 5.98. The Bertz CT molecular complexity index is 1100. The number of hydrogen-bond donors (Lipinski definition) is 1. The highest BCUT2D eigenvalue weighted by Gasteiger charge is 2.31. The summed E-state index contributed by atoms with van der Waals surface area (Å²) in [7, 11) is 0. The summed E-state index contributed by atoms with van der Waals surface area (Å²) < 4.78 is 5.93. The summed E-state index contributed by atoms with van der Waals surface area (Å²) in [6.07, 6.45) is 2.55. The van der Waals surface area contributed by atoms with Gasteiger partial charge in [0.25, 0.3) is 5.91 Å². The Labute approximate surface area is 194 Å². The van der Waals surface area contributed by atoms with E-state index in [1.807, 2.05) is 61.5 Å². The molecular weight excluding hydrogens is 414 g/mol. The third-order valence-corrected chi connectivity index (χ3v) is 5.98. The molecule has 1 fully saturated rings. The first kappa shape index (κ1) is 22.5. The van der Waals surface area contributed by atoms with Crippen molar-refractivity contribution in [2.45, 2.75) is 32.8 Å². The van der Waals surface area contributed by atoms with Gasteiger partial charge in [-0.05, 0) is 61.6 Å². The fourth-order valence-electron chi connectivity index (χ4n) is 4.09. The maximum atomic E-state index is 13.0. The number of amides is 2. The van der Waals surface area contributed by atoms with Crippen LogP contribution in [-0.2, 0) is 9.59 Å². The molecule has 1 aliphatic heterocycles. The first-order valence-electron chi connectivity index (χ1n) is 11.3. The Morgan fingerprint density at radius 1 is 1.03 bits per heavy atom. The number of nitrogens with zero attached hydrogens (tertiary/aromatic N) is 2. The molecule has 2 atom stereocenters. The molecule has 3 aromatic rings. The van der Waals surface area contributed by atoms with Gasteiger partial charge in [-0.15, -0.1) is 0 Å². The minimum absolute atomic E-state index is 0.0978.